The van der Waals surface area contributed by atoms with Crippen LogP contribution < -0.4 is 5.56 Å². The fourth-order valence-corrected chi connectivity index (χ4v) is 5.05. The first-order chi connectivity index (χ1) is 12.9. The monoisotopic (exact) mass is 393 g/mol. The van der Waals surface area contributed by atoms with Gasteiger partial charge in [-0.3, -0.25) is 14.1 Å². The standard InChI is InChI=1S/C18H27N5O3S/c1-4-21(5-2)27(25,26)22-11-9-20(10-12-22)14-16-13-17(24)23-8-6-7-15(3)18(23)19-16/h6-8,13H,4-5,9-12,14H2,1-3H3. The Labute approximate surface area is 160 Å². The number of hydrogen-bond donors (Lipinski definition) is 0. The van der Waals surface area contributed by atoms with Gasteiger partial charge in [0.1, 0.15) is 5.65 Å². The average molecular weight is 394 g/mol. The van der Waals surface area contributed by atoms with Crippen molar-refractivity contribution in [3.8, 4) is 0 Å². The highest BCUT2D eigenvalue weighted by Crippen LogP contribution is 2.14. The van der Waals surface area contributed by atoms with E-state index in [0.717, 1.165) is 5.56 Å². The van der Waals surface area contributed by atoms with Gasteiger partial charge in [-0.25, -0.2) is 4.98 Å². The van der Waals surface area contributed by atoms with Crippen molar-refractivity contribution in [2.24, 2.45) is 0 Å². The van der Waals surface area contributed by atoms with Crippen molar-refractivity contribution in [2.75, 3.05) is 39.3 Å². The summed E-state index contributed by atoms with van der Waals surface area (Å²) in [5.74, 6) is 0. The molecular formula is C18H27N5O3S. The molecule has 0 aromatic carbocycles. The van der Waals surface area contributed by atoms with Crippen LogP contribution in [0.25, 0.3) is 5.65 Å². The lowest BCUT2D eigenvalue weighted by atomic mass is 10.2. The molecule has 3 rings (SSSR count). The fraction of sp³-hybridized carbons (Fsp3) is 0.556. The molecule has 0 bridgehead atoms. The van der Waals surface area contributed by atoms with E-state index in [9.17, 15) is 13.2 Å². The zero-order chi connectivity index (χ0) is 19.6. The molecule has 0 aliphatic carbocycles. The molecule has 0 saturated carbocycles. The van der Waals surface area contributed by atoms with Gasteiger partial charge in [-0.15, -0.1) is 0 Å². The van der Waals surface area contributed by atoms with Crippen molar-refractivity contribution in [3.63, 3.8) is 0 Å². The van der Waals surface area contributed by atoms with Crippen LogP contribution in [0.3, 0.4) is 0 Å². The lowest BCUT2D eigenvalue weighted by molar-refractivity contribution is 0.174. The number of aryl methyl sites for hydroxylation is 1. The molecule has 8 nitrogen and oxygen atoms in total. The van der Waals surface area contributed by atoms with Crippen molar-refractivity contribution < 1.29 is 8.42 Å². The molecule has 0 amide bonds. The number of aromatic nitrogens is 2. The molecule has 2 aromatic heterocycles. The highest BCUT2D eigenvalue weighted by molar-refractivity contribution is 7.86. The van der Waals surface area contributed by atoms with E-state index in [0.29, 0.717) is 57.2 Å². The highest BCUT2D eigenvalue weighted by Gasteiger charge is 2.30. The van der Waals surface area contributed by atoms with Gasteiger partial charge in [-0.05, 0) is 18.6 Å². The van der Waals surface area contributed by atoms with E-state index in [2.05, 4.69) is 9.88 Å². The molecule has 9 heteroatoms. The highest BCUT2D eigenvalue weighted by atomic mass is 32.2. The van der Waals surface area contributed by atoms with Crippen LogP contribution in [0.2, 0.25) is 0 Å². The first-order valence-corrected chi connectivity index (χ1v) is 10.7. The predicted molar refractivity (Wildman–Crippen MR) is 105 cm³/mol. The molecule has 0 N–H and O–H groups in total. The molecular weight excluding hydrogens is 366 g/mol. The van der Waals surface area contributed by atoms with Crippen molar-refractivity contribution in [1.82, 2.24) is 22.9 Å². The maximum absolute atomic E-state index is 12.6. The number of piperazine rings is 1. The summed E-state index contributed by atoms with van der Waals surface area (Å²) in [5, 5.41) is 0. The van der Waals surface area contributed by atoms with Crippen LogP contribution >= 0.6 is 0 Å². The Morgan fingerprint density at radius 1 is 1.15 bits per heavy atom. The number of rotatable bonds is 6. The predicted octanol–water partition coefficient (Wildman–Crippen LogP) is 0.707. The maximum atomic E-state index is 12.6. The van der Waals surface area contributed by atoms with E-state index < -0.39 is 10.2 Å². The molecule has 3 heterocycles. The quantitative estimate of drug-likeness (QED) is 0.722. The van der Waals surface area contributed by atoms with Gasteiger partial charge in [0.25, 0.3) is 15.8 Å². The molecule has 148 valence electrons. The molecule has 0 radical (unpaired) electrons. The lowest BCUT2D eigenvalue weighted by Gasteiger charge is -2.36. The van der Waals surface area contributed by atoms with Gasteiger partial charge < -0.3 is 0 Å². The van der Waals surface area contributed by atoms with Crippen molar-refractivity contribution in [3.05, 3.63) is 46.0 Å². The second-order valence-corrected chi connectivity index (χ2v) is 8.67. The average Bonchev–Trinajstić information content (AvgIpc) is 2.64. The minimum Gasteiger partial charge on any atom is -0.295 e. The molecule has 2 aromatic rings. The van der Waals surface area contributed by atoms with Gasteiger partial charge in [-0.2, -0.15) is 17.0 Å². The third kappa shape index (κ3) is 4.06. The number of hydrogen-bond acceptors (Lipinski definition) is 5. The summed E-state index contributed by atoms with van der Waals surface area (Å²) in [5.41, 5.74) is 2.24. The van der Waals surface area contributed by atoms with Crippen LogP contribution in [0.1, 0.15) is 25.1 Å². The Morgan fingerprint density at radius 3 is 2.44 bits per heavy atom. The largest absolute Gasteiger partial charge is 0.295 e. The van der Waals surface area contributed by atoms with Crippen LogP contribution in [0, 0.1) is 6.92 Å². The van der Waals surface area contributed by atoms with Crippen LogP contribution in [0.4, 0.5) is 0 Å². The summed E-state index contributed by atoms with van der Waals surface area (Å²) in [7, 11) is -3.39. The second-order valence-electron chi connectivity index (χ2n) is 6.74. The van der Waals surface area contributed by atoms with E-state index in [-0.39, 0.29) is 5.56 Å². The van der Waals surface area contributed by atoms with E-state index in [1.54, 1.807) is 21.0 Å². The number of fused-ring (bicyclic) bond motifs is 1. The first kappa shape index (κ1) is 19.9. The van der Waals surface area contributed by atoms with Crippen LogP contribution in [-0.2, 0) is 16.8 Å². The Hall–Kier alpha value is -1.81. The molecule has 0 unspecified atom stereocenters. The SMILES string of the molecule is CCN(CC)S(=O)(=O)N1CCN(Cc2cc(=O)n3cccc(C)c3n2)CC1. The Morgan fingerprint density at radius 2 is 1.81 bits per heavy atom. The van der Waals surface area contributed by atoms with Gasteiger partial charge >= 0.3 is 0 Å². The zero-order valence-electron chi connectivity index (χ0n) is 16.1. The minimum atomic E-state index is -3.39. The summed E-state index contributed by atoms with van der Waals surface area (Å²) in [6, 6.07) is 5.33. The van der Waals surface area contributed by atoms with E-state index in [1.807, 2.05) is 32.9 Å². The van der Waals surface area contributed by atoms with Crippen LogP contribution in [0.15, 0.2) is 29.2 Å². The number of nitrogens with zero attached hydrogens (tertiary/aromatic N) is 5. The van der Waals surface area contributed by atoms with E-state index in [1.165, 1.54) is 4.31 Å². The minimum absolute atomic E-state index is 0.0959. The topological polar surface area (TPSA) is 78.2 Å². The molecule has 27 heavy (non-hydrogen) atoms. The summed E-state index contributed by atoms with van der Waals surface area (Å²) in [6.07, 6.45) is 1.72. The fourth-order valence-electron chi connectivity index (χ4n) is 3.45. The van der Waals surface area contributed by atoms with Gasteiger partial charge in [0.2, 0.25) is 0 Å². The van der Waals surface area contributed by atoms with E-state index >= 15 is 0 Å². The molecule has 0 atom stereocenters. The lowest BCUT2D eigenvalue weighted by Crippen LogP contribution is -2.52. The summed E-state index contributed by atoms with van der Waals surface area (Å²) in [4.78, 5) is 19.1. The normalized spacial score (nSPS) is 17.0. The number of pyridine rings is 1. The Bertz CT molecular complexity index is 961. The first-order valence-electron chi connectivity index (χ1n) is 9.32. The van der Waals surface area contributed by atoms with Crippen molar-refractivity contribution in [2.45, 2.75) is 27.3 Å². The third-order valence-corrected chi connectivity index (χ3v) is 7.20. The summed E-state index contributed by atoms with van der Waals surface area (Å²) < 4.78 is 29.8. The van der Waals surface area contributed by atoms with Gasteiger partial charge in [0.05, 0.1) is 5.69 Å². The zero-order valence-corrected chi connectivity index (χ0v) is 16.9. The Balaban J connectivity index is 1.70. The second kappa shape index (κ2) is 8.05. The van der Waals surface area contributed by atoms with Crippen molar-refractivity contribution in [1.29, 1.82) is 0 Å². The smallest absolute Gasteiger partial charge is 0.282 e. The van der Waals surface area contributed by atoms with Crippen LogP contribution in [-0.4, -0.2) is 70.6 Å². The maximum Gasteiger partial charge on any atom is 0.282 e. The molecule has 1 saturated heterocycles. The third-order valence-electron chi connectivity index (χ3n) is 5.01. The van der Waals surface area contributed by atoms with E-state index in [4.69, 9.17) is 0 Å². The Kier molecular flexibility index (Phi) is 5.95. The van der Waals surface area contributed by atoms with Crippen LogP contribution in [0.5, 0.6) is 0 Å². The van der Waals surface area contributed by atoms with Gasteiger partial charge in [-0.1, -0.05) is 19.9 Å². The summed E-state index contributed by atoms with van der Waals surface area (Å²) >= 11 is 0. The molecule has 1 aliphatic heterocycles. The molecule has 0 spiro atoms. The van der Waals surface area contributed by atoms with Gasteiger partial charge in [0.15, 0.2) is 0 Å². The molecule has 1 fully saturated rings. The summed E-state index contributed by atoms with van der Waals surface area (Å²) in [6.45, 7) is 9.26. The van der Waals surface area contributed by atoms with Gasteiger partial charge in [0, 0.05) is 58.1 Å². The molecule has 1 aliphatic rings. The van der Waals surface area contributed by atoms with Crippen molar-refractivity contribution >= 4 is 15.9 Å².